The van der Waals surface area contributed by atoms with E-state index in [-0.39, 0.29) is 17.9 Å². The van der Waals surface area contributed by atoms with E-state index < -0.39 is 18.2 Å². The number of amides is 2. The van der Waals surface area contributed by atoms with Gasteiger partial charge in [-0.3, -0.25) is 4.79 Å². The van der Waals surface area contributed by atoms with Gasteiger partial charge in [0.15, 0.2) is 0 Å². The zero-order valence-corrected chi connectivity index (χ0v) is 26.1. The fraction of sp³-hybridized carbons (Fsp3) is 0.353. The lowest BCUT2D eigenvalue weighted by Crippen LogP contribution is -2.54. The van der Waals surface area contributed by atoms with Gasteiger partial charge in [-0.15, -0.1) is 0 Å². The van der Waals surface area contributed by atoms with Crippen LogP contribution in [0, 0.1) is 5.92 Å². The molecule has 0 radical (unpaired) electrons. The maximum absolute atomic E-state index is 14.0. The summed E-state index contributed by atoms with van der Waals surface area (Å²) in [6.07, 6.45) is 2.86. The SMILES string of the molecule is COCC1CC(c2nc3c(ccc4cc5c(cc43)OCc3cc(-c4cnc[nH]4)ccc3-5)[nH]2)N(C(=O)C(NC(=O)OC)C(C)OC)C1. The summed E-state index contributed by atoms with van der Waals surface area (Å²) in [5.41, 5.74) is 6.97. The summed E-state index contributed by atoms with van der Waals surface area (Å²) in [7, 11) is 4.42. The number of methoxy groups -OCH3 is 3. The van der Waals surface area contributed by atoms with E-state index in [0.717, 1.165) is 55.5 Å². The molecule has 1 saturated heterocycles. The number of nitrogens with zero attached hydrogens (tertiary/aromatic N) is 3. The van der Waals surface area contributed by atoms with Gasteiger partial charge in [0.2, 0.25) is 5.91 Å². The van der Waals surface area contributed by atoms with Crippen molar-refractivity contribution in [2.24, 2.45) is 5.92 Å². The Morgan fingerprint density at radius 3 is 2.76 bits per heavy atom. The van der Waals surface area contributed by atoms with Crippen LogP contribution < -0.4 is 10.1 Å². The summed E-state index contributed by atoms with van der Waals surface area (Å²) in [5.74, 6) is 1.29. The standard InChI is InChI=1S/C34H36N6O6/c1-18(44-3)30(39-34(42)45-4)33(41)40-14-19(15-43-2)9-28(40)32-37-26-8-6-20-11-25-23-7-5-21(27-13-35-17-36-27)10-22(23)16-46-29(25)12-24(20)31(26)38-32/h5-8,10-13,17-19,28,30H,9,14-16H2,1-4H3,(H,35,36)(H,37,38)(H,39,42). The molecule has 12 nitrogen and oxygen atoms in total. The van der Waals surface area contributed by atoms with Crippen molar-refractivity contribution in [3.05, 3.63) is 66.4 Å². The molecule has 7 rings (SSSR count). The van der Waals surface area contributed by atoms with E-state index in [0.29, 0.717) is 32.0 Å². The molecule has 0 bridgehead atoms. The topological polar surface area (TPSA) is 144 Å². The van der Waals surface area contributed by atoms with Crippen molar-refractivity contribution in [2.75, 3.05) is 34.5 Å². The second-order valence-corrected chi connectivity index (χ2v) is 11.9. The summed E-state index contributed by atoms with van der Waals surface area (Å²) in [5, 5.41) is 4.64. The van der Waals surface area contributed by atoms with E-state index in [1.807, 2.05) is 12.3 Å². The number of aromatic amines is 2. The van der Waals surface area contributed by atoms with Gasteiger partial charge in [-0.1, -0.05) is 18.2 Å². The molecule has 5 aromatic rings. The highest BCUT2D eigenvalue weighted by Crippen LogP contribution is 2.43. The molecule has 0 aliphatic carbocycles. The second-order valence-electron chi connectivity index (χ2n) is 11.9. The van der Waals surface area contributed by atoms with E-state index in [4.69, 9.17) is 23.9 Å². The van der Waals surface area contributed by atoms with Crippen LogP contribution in [0.25, 0.3) is 44.2 Å². The van der Waals surface area contributed by atoms with Crippen LogP contribution in [0.1, 0.15) is 30.8 Å². The molecule has 238 valence electrons. The van der Waals surface area contributed by atoms with Gasteiger partial charge in [0.25, 0.3) is 0 Å². The Morgan fingerprint density at radius 2 is 2.00 bits per heavy atom. The zero-order valence-electron chi connectivity index (χ0n) is 26.1. The average molecular weight is 625 g/mol. The van der Waals surface area contributed by atoms with Gasteiger partial charge in [-0.2, -0.15) is 0 Å². The Kier molecular flexibility index (Phi) is 7.83. The number of H-pyrrole nitrogens is 2. The minimum Gasteiger partial charge on any atom is -0.488 e. The number of rotatable bonds is 8. The summed E-state index contributed by atoms with van der Waals surface area (Å²) < 4.78 is 22.0. The van der Waals surface area contributed by atoms with E-state index in [1.165, 1.54) is 14.2 Å². The normalized spacial score (nSPS) is 18.6. The van der Waals surface area contributed by atoms with Gasteiger partial charge in [-0.25, -0.2) is 14.8 Å². The number of fused-ring (bicyclic) bond motifs is 6. The van der Waals surface area contributed by atoms with Crippen LogP contribution >= 0.6 is 0 Å². The number of hydrogen-bond acceptors (Lipinski definition) is 8. The molecule has 2 aliphatic rings. The molecular formula is C34H36N6O6. The van der Waals surface area contributed by atoms with Gasteiger partial charge in [0, 0.05) is 37.6 Å². The lowest BCUT2D eigenvalue weighted by molar-refractivity contribution is -0.137. The number of ether oxygens (including phenoxy) is 4. The molecule has 3 aromatic carbocycles. The van der Waals surface area contributed by atoms with Gasteiger partial charge in [-0.05, 0) is 59.7 Å². The largest absolute Gasteiger partial charge is 0.488 e. The monoisotopic (exact) mass is 624 g/mol. The van der Waals surface area contributed by atoms with Crippen molar-refractivity contribution in [2.45, 2.75) is 38.1 Å². The smallest absolute Gasteiger partial charge is 0.407 e. The first-order chi connectivity index (χ1) is 22.4. The fourth-order valence-electron chi connectivity index (χ4n) is 6.71. The van der Waals surface area contributed by atoms with E-state index in [9.17, 15) is 9.59 Å². The maximum Gasteiger partial charge on any atom is 0.407 e. The fourth-order valence-corrected chi connectivity index (χ4v) is 6.71. The number of imidazole rings is 2. The molecule has 0 saturated carbocycles. The molecular weight excluding hydrogens is 588 g/mol. The molecule has 3 N–H and O–H groups in total. The summed E-state index contributed by atoms with van der Waals surface area (Å²) in [6, 6.07) is 13.4. The molecule has 46 heavy (non-hydrogen) atoms. The molecule has 4 atom stereocenters. The van der Waals surface area contributed by atoms with Gasteiger partial charge in [0.1, 0.15) is 24.2 Å². The lowest BCUT2D eigenvalue weighted by Gasteiger charge is -2.30. The first-order valence-electron chi connectivity index (χ1n) is 15.3. The van der Waals surface area contributed by atoms with Crippen molar-refractivity contribution in [1.29, 1.82) is 0 Å². The van der Waals surface area contributed by atoms with Crippen LogP contribution in [-0.2, 0) is 25.6 Å². The summed E-state index contributed by atoms with van der Waals surface area (Å²) >= 11 is 0. The Morgan fingerprint density at radius 1 is 1.13 bits per heavy atom. The lowest BCUT2D eigenvalue weighted by atomic mass is 9.92. The first-order valence-corrected chi connectivity index (χ1v) is 15.3. The molecule has 0 spiro atoms. The van der Waals surface area contributed by atoms with Crippen LogP contribution in [0.2, 0.25) is 0 Å². The number of alkyl carbamates (subject to hydrolysis) is 1. The molecule has 1 fully saturated rings. The number of nitrogens with one attached hydrogen (secondary N) is 3. The Labute approximate surface area is 265 Å². The number of likely N-dealkylation sites (tertiary alicyclic amines) is 1. The van der Waals surface area contributed by atoms with Gasteiger partial charge < -0.3 is 39.1 Å². The highest BCUT2D eigenvalue weighted by Gasteiger charge is 2.42. The minimum absolute atomic E-state index is 0.0924. The number of benzene rings is 3. The number of aromatic nitrogens is 4. The third kappa shape index (κ3) is 5.23. The highest BCUT2D eigenvalue weighted by atomic mass is 16.5. The third-order valence-electron chi connectivity index (χ3n) is 9.13. The maximum atomic E-state index is 14.0. The van der Waals surface area contributed by atoms with E-state index in [1.54, 1.807) is 25.3 Å². The summed E-state index contributed by atoms with van der Waals surface area (Å²) in [6.45, 7) is 3.14. The molecule has 4 heterocycles. The van der Waals surface area contributed by atoms with Crippen molar-refractivity contribution in [3.8, 4) is 28.1 Å². The predicted molar refractivity (Wildman–Crippen MR) is 171 cm³/mol. The number of carbonyl (C=O) groups excluding carboxylic acids is 2. The predicted octanol–water partition coefficient (Wildman–Crippen LogP) is 4.96. The number of hydrogen-bond donors (Lipinski definition) is 3. The Hall–Kier alpha value is -4.94. The Bertz CT molecular complexity index is 1920. The second kappa shape index (κ2) is 12.1. The highest BCUT2D eigenvalue weighted by molar-refractivity contribution is 6.07. The third-order valence-corrected chi connectivity index (χ3v) is 9.13. The van der Waals surface area contributed by atoms with Crippen molar-refractivity contribution >= 4 is 33.8 Å². The van der Waals surface area contributed by atoms with E-state index >= 15 is 0 Å². The van der Waals surface area contributed by atoms with Gasteiger partial charge in [0.05, 0.1) is 55.1 Å². The molecule has 2 amide bonds. The molecule has 12 heteroatoms. The average Bonchev–Trinajstić information content (AvgIpc) is 3.86. The van der Waals surface area contributed by atoms with Crippen molar-refractivity contribution in [1.82, 2.24) is 30.2 Å². The quantitative estimate of drug-likeness (QED) is 0.220. The number of carbonyl (C=O) groups is 2. The van der Waals surface area contributed by atoms with Crippen LogP contribution in [0.5, 0.6) is 5.75 Å². The first kappa shape index (κ1) is 29.8. The van der Waals surface area contributed by atoms with Crippen LogP contribution in [0.4, 0.5) is 4.79 Å². The van der Waals surface area contributed by atoms with Crippen LogP contribution in [0.15, 0.2) is 55.0 Å². The van der Waals surface area contributed by atoms with E-state index in [2.05, 4.69) is 56.7 Å². The van der Waals surface area contributed by atoms with Crippen LogP contribution in [0.3, 0.4) is 0 Å². The summed E-state index contributed by atoms with van der Waals surface area (Å²) in [4.78, 5) is 43.8. The molecule has 4 unspecified atom stereocenters. The molecule has 2 aromatic heterocycles. The van der Waals surface area contributed by atoms with Crippen LogP contribution in [-0.4, -0.2) is 83.5 Å². The zero-order chi connectivity index (χ0) is 31.9. The van der Waals surface area contributed by atoms with Gasteiger partial charge >= 0.3 is 6.09 Å². The Balaban J connectivity index is 1.24. The molecule has 2 aliphatic heterocycles. The minimum atomic E-state index is -0.937. The van der Waals surface area contributed by atoms with Crippen molar-refractivity contribution < 1.29 is 28.5 Å². The van der Waals surface area contributed by atoms with Crippen molar-refractivity contribution in [3.63, 3.8) is 0 Å².